The van der Waals surface area contributed by atoms with Gasteiger partial charge in [-0.05, 0) is 25.2 Å². The van der Waals surface area contributed by atoms with Crippen molar-refractivity contribution in [1.82, 2.24) is 29.5 Å². The van der Waals surface area contributed by atoms with Crippen molar-refractivity contribution in [3.05, 3.63) is 39.1 Å². The van der Waals surface area contributed by atoms with E-state index < -0.39 is 12.7 Å². The molecule has 0 unspecified atom stereocenters. The van der Waals surface area contributed by atoms with Crippen LogP contribution in [0.15, 0.2) is 11.0 Å². The average Bonchev–Trinajstić information content (AvgIpc) is 3.19. The van der Waals surface area contributed by atoms with Crippen LogP contribution in [0.4, 0.5) is 13.2 Å². The van der Waals surface area contributed by atoms with Gasteiger partial charge in [0.25, 0.3) is 11.5 Å². The monoisotopic (exact) mass is 438 g/mol. The van der Waals surface area contributed by atoms with E-state index in [1.54, 1.807) is 6.92 Å². The summed E-state index contributed by atoms with van der Waals surface area (Å²) in [5, 5.41) is 4.25. The third-order valence-corrected chi connectivity index (χ3v) is 5.89. The normalized spacial score (nSPS) is 19.0. The summed E-state index contributed by atoms with van der Waals surface area (Å²) in [5.41, 5.74) is 2.05. The summed E-state index contributed by atoms with van der Waals surface area (Å²) in [6.07, 6.45) is -1.49. The van der Waals surface area contributed by atoms with Crippen LogP contribution in [0.2, 0.25) is 0 Å². The topological polar surface area (TPSA) is 87.1 Å². The van der Waals surface area contributed by atoms with Gasteiger partial charge < -0.3 is 4.90 Å². The van der Waals surface area contributed by atoms with Gasteiger partial charge in [0.15, 0.2) is 0 Å². The first-order valence-corrected chi connectivity index (χ1v) is 10.2. The van der Waals surface area contributed by atoms with Crippen LogP contribution in [-0.2, 0) is 12.8 Å². The molecule has 1 fully saturated rings. The maximum atomic E-state index is 12.9. The largest absolute Gasteiger partial charge is 0.401 e. The number of halogens is 3. The van der Waals surface area contributed by atoms with Crippen LogP contribution in [0.1, 0.15) is 41.2 Å². The van der Waals surface area contributed by atoms with Crippen molar-refractivity contribution in [2.24, 2.45) is 5.41 Å². The van der Waals surface area contributed by atoms with Crippen molar-refractivity contribution in [2.45, 2.75) is 39.8 Å². The van der Waals surface area contributed by atoms with Crippen LogP contribution in [0.3, 0.4) is 0 Å². The van der Waals surface area contributed by atoms with E-state index in [1.807, 2.05) is 0 Å². The maximum absolute atomic E-state index is 12.9. The highest BCUT2D eigenvalue weighted by atomic mass is 19.4. The molecule has 0 radical (unpaired) electrons. The highest BCUT2D eigenvalue weighted by Gasteiger charge is 2.34. The second kappa shape index (κ2) is 7.47. The molecule has 2 aliphatic rings. The van der Waals surface area contributed by atoms with E-state index in [0.717, 1.165) is 5.69 Å². The van der Waals surface area contributed by atoms with Crippen LogP contribution in [-0.4, -0.2) is 74.4 Å². The molecule has 2 aromatic rings. The Kier molecular flexibility index (Phi) is 5.19. The number of carbonyl (C=O) groups is 1. The highest BCUT2D eigenvalue weighted by molar-refractivity contribution is 5.95. The summed E-state index contributed by atoms with van der Waals surface area (Å²) < 4.78 is 39.1. The van der Waals surface area contributed by atoms with Crippen LogP contribution < -0.4 is 5.56 Å². The number of hydrogen-bond acceptors (Lipinski definition) is 5. The summed E-state index contributed by atoms with van der Waals surface area (Å²) in [7, 11) is 0. The van der Waals surface area contributed by atoms with Gasteiger partial charge in [-0.1, -0.05) is 13.8 Å². The lowest BCUT2D eigenvalue weighted by molar-refractivity contribution is -0.148. The van der Waals surface area contributed by atoms with Gasteiger partial charge in [0, 0.05) is 31.7 Å². The Labute approximate surface area is 177 Å². The molecular weight excluding hydrogens is 413 g/mol. The van der Waals surface area contributed by atoms with Gasteiger partial charge in [-0.15, -0.1) is 0 Å². The molecule has 8 nitrogen and oxygen atoms in total. The molecule has 0 atom stereocenters. The molecule has 1 N–H and O–H groups in total. The van der Waals surface area contributed by atoms with E-state index in [9.17, 15) is 22.8 Å². The van der Waals surface area contributed by atoms with Crippen molar-refractivity contribution in [3.63, 3.8) is 0 Å². The van der Waals surface area contributed by atoms with Gasteiger partial charge in [0.1, 0.15) is 0 Å². The first-order chi connectivity index (χ1) is 14.4. The van der Waals surface area contributed by atoms with Gasteiger partial charge in [-0.25, -0.2) is 9.67 Å². The lowest BCUT2D eigenvalue weighted by atomic mass is 9.91. The van der Waals surface area contributed by atoms with Gasteiger partial charge >= 0.3 is 6.18 Å². The summed E-state index contributed by atoms with van der Waals surface area (Å²) in [4.78, 5) is 35.6. The van der Waals surface area contributed by atoms with E-state index in [1.165, 1.54) is 20.7 Å². The Morgan fingerprint density at radius 2 is 1.87 bits per heavy atom. The number of piperazine rings is 1. The number of amides is 1. The number of fused-ring (bicyclic) bond motifs is 1. The Bertz CT molecular complexity index is 1060. The standard InChI is InChI=1S/C20H25F3N6O2/c1-12-14(17(31)28-6-4-27(5-7-28)11-20(21,22)23)10-24-29(12)18-25-15-9-19(2,3)8-13(15)16(30)26-18/h10H,4-9,11H2,1-3H3,(H,25,26,30). The molecule has 1 amide bonds. The SMILES string of the molecule is Cc1c(C(=O)N2CCN(CC(F)(F)F)CC2)cnn1-c1nc2c(c(=O)[nH]1)CC(C)(C)C2. The fraction of sp³-hybridized carbons (Fsp3) is 0.600. The van der Waals surface area contributed by atoms with Crippen LogP contribution in [0.25, 0.3) is 5.95 Å². The molecule has 31 heavy (non-hydrogen) atoms. The van der Waals surface area contributed by atoms with E-state index in [-0.39, 0.29) is 49.0 Å². The minimum absolute atomic E-state index is 0.0322. The summed E-state index contributed by atoms with van der Waals surface area (Å²) in [5.74, 6) is -0.0342. The molecule has 1 aliphatic heterocycles. The molecule has 11 heteroatoms. The number of carbonyl (C=O) groups excluding carboxylic acids is 1. The lowest BCUT2D eigenvalue weighted by Gasteiger charge is -2.34. The van der Waals surface area contributed by atoms with Crippen molar-refractivity contribution < 1.29 is 18.0 Å². The second-order valence-corrected chi connectivity index (χ2v) is 9.07. The van der Waals surface area contributed by atoms with Crippen LogP contribution in [0.5, 0.6) is 0 Å². The highest BCUT2D eigenvalue weighted by Crippen LogP contribution is 2.33. The van der Waals surface area contributed by atoms with Crippen LogP contribution >= 0.6 is 0 Å². The van der Waals surface area contributed by atoms with Crippen molar-refractivity contribution in [1.29, 1.82) is 0 Å². The average molecular weight is 438 g/mol. The Hall–Kier alpha value is -2.69. The third kappa shape index (κ3) is 4.36. The van der Waals surface area contributed by atoms with E-state index in [4.69, 9.17) is 0 Å². The fourth-order valence-electron chi connectivity index (χ4n) is 4.32. The Balaban J connectivity index is 1.52. The summed E-state index contributed by atoms with van der Waals surface area (Å²) in [6.45, 7) is 5.64. The number of hydrogen-bond donors (Lipinski definition) is 1. The lowest BCUT2D eigenvalue weighted by Crippen LogP contribution is -2.51. The molecule has 0 saturated carbocycles. The van der Waals surface area contributed by atoms with Gasteiger partial charge in [-0.3, -0.25) is 19.5 Å². The van der Waals surface area contributed by atoms with E-state index >= 15 is 0 Å². The van der Waals surface area contributed by atoms with Crippen molar-refractivity contribution >= 4 is 5.91 Å². The quantitative estimate of drug-likeness (QED) is 0.789. The number of nitrogens with zero attached hydrogens (tertiary/aromatic N) is 5. The molecule has 2 aromatic heterocycles. The minimum atomic E-state index is -4.25. The van der Waals surface area contributed by atoms with E-state index in [0.29, 0.717) is 29.7 Å². The first-order valence-electron chi connectivity index (χ1n) is 10.2. The molecule has 1 aliphatic carbocycles. The van der Waals surface area contributed by atoms with Crippen molar-refractivity contribution in [3.8, 4) is 5.95 Å². The molecule has 0 bridgehead atoms. The van der Waals surface area contributed by atoms with Crippen molar-refractivity contribution in [2.75, 3.05) is 32.7 Å². The predicted octanol–water partition coefficient (Wildman–Crippen LogP) is 1.71. The molecule has 3 heterocycles. The zero-order valence-electron chi connectivity index (χ0n) is 17.7. The minimum Gasteiger partial charge on any atom is -0.336 e. The number of aromatic nitrogens is 4. The Morgan fingerprint density at radius 1 is 1.19 bits per heavy atom. The molecular formula is C20H25F3N6O2. The van der Waals surface area contributed by atoms with Crippen LogP contribution in [0, 0.1) is 12.3 Å². The molecule has 0 spiro atoms. The number of aromatic amines is 1. The fourth-order valence-corrected chi connectivity index (χ4v) is 4.32. The van der Waals surface area contributed by atoms with Gasteiger partial charge in [0.2, 0.25) is 5.95 Å². The molecule has 168 valence electrons. The molecule has 0 aromatic carbocycles. The predicted molar refractivity (Wildman–Crippen MR) is 106 cm³/mol. The van der Waals surface area contributed by atoms with E-state index in [2.05, 4.69) is 28.9 Å². The summed E-state index contributed by atoms with van der Waals surface area (Å²) >= 11 is 0. The second-order valence-electron chi connectivity index (χ2n) is 9.07. The molecule has 4 rings (SSSR count). The number of nitrogens with one attached hydrogen (secondary N) is 1. The maximum Gasteiger partial charge on any atom is 0.401 e. The zero-order valence-corrected chi connectivity index (χ0v) is 17.7. The zero-order chi connectivity index (χ0) is 22.6. The van der Waals surface area contributed by atoms with Gasteiger partial charge in [0.05, 0.1) is 29.7 Å². The Morgan fingerprint density at radius 3 is 2.52 bits per heavy atom. The number of rotatable bonds is 3. The number of H-pyrrole nitrogens is 1. The van der Waals surface area contributed by atoms with Gasteiger partial charge in [-0.2, -0.15) is 18.3 Å². The summed E-state index contributed by atoms with van der Waals surface area (Å²) in [6, 6.07) is 0. The smallest absolute Gasteiger partial charge is 0.336 e. The third-order valence-electron chi connectivity index (χ3n) is 5.89. The first kappa shape index (κ1) is 21.5. The number of alkyl halides is 3. The molecule has 1 saturated heterocycles.